The molecule has 0 aromatic carbocycles. The minimum Gasteiger partial charge on any atom is -0.462 e. The molecule has 3 fully saturated rings. The van der Waals surface area contributed by atoms with Crippen LogP contribution in [0.2, 0.25) is 0 Å². The average molecular weight is 545 g/mol. The molecule has 1 saturated heterocycles. The Morgan fingerprint density at radius 1 is 1.03 bits per heavy atom. The van der Waals surface area contributed by atoms with E-state index in [1.54, 1.807) is 6.08 Å². The Bertz CT molecular complexity index is 1090. The van der Waals surface area contributed by atoms with E-state index in [1.165, 1.54) is 12.5 Å². The molecule has 7 nitrogen and oxygen atoms in total. The van der Waals surface area contributed by atoms with Crippen molar-refractivity contribution in [3.05, 3.63) is 23.8 Å². The van der Waals surface area contributed by atoms with Crippen molar-refractivity contribution in [2.45, 2.75) is 117 Å². The molecule has 5 rings (SSSR count). The van der Waals surface area contributed by atoms with Crippen molar-refractivity contribution in [2.75, 3.05) is 6.61 Å². The number of aliphatic hydroxyl groups is 2. The standard InChI is InChI=1S/C32H48O7/c1-18(33)38-25-16-24-28(2,3)39-26(35)12-14-31(24,7)23-11-13-30(6)20(9-10-22(30)32(23,25)8)19-15-21(34)27(36)29(4,5)37-17-19/h10,12,14,19-21,23-25,27,34,36H,9,11,13,15-17H2,1-8H3. The average Bonchev–Trinajstić information content (AvgIpc) is 3.10. The monoisotopic (exact) mass is 544 g/mol. The highest BCUT2D eigenvalue weighted by Gasteiger charge is 2.68. The highest BCUT2D eigenvalue weighted by atomic mass is 16.6. The van der Waals surface area contributed by atoms with E-state index in [9.17, 15) is 19.8 Å². The zero-order valence-corrected chi connectivity index (χ0v) is 25.0. The third kappa shape index (κ3) is 4.25. The highest BCUT2D eigenvalue weighted by Crippen LogP contribution is 2.71. The van der Waals surface area contributed by atoms with Gasteiger partial charge < -0.3 is 24.4 Å². The summed E-state index contributed by atoms with van der Waals surface area (Å²) in [6.45, 7) is 16.5. The van der Waals surface area contributed by atoms with Crippen LogP contribution in [0.25, 0.3) is 0 Å². The SMILES string of the molecule is CC(=O)OC1CC2C(C)(C)OC(=O)C=CC2(C)C2CCC3(C)C(=CCC3C3COC(C)(C)C(O)C(O)C3)C12C. The normalized spacial score (nSPS) is 48.4. The molecule has 2 aliphatic heterocycles. The topological polar surface area (TPSA) is 102 Å². The number of hydrogen-bond donors (Lipinski definition) is 2. The molecule has 0 radical (unpaired) electrons. The molecule has 10 unspecified atom stereocenters. The Balaban J connectivity index is 1.55. The summed E-state index contributed by atoms with van der Waals surface area (Å²) >= 11 is 0. The van der Waals surface area contributed by atoms with Crippen molar-refractivity contribution in [3.8, 4) is 0 Å². The maximum absolute atomic E-state index is 12.6. The number of fused-ring (bicyclic) bond motifs is 5. The minimum atomic E-state index is -0.934. The van der Waals surface area contributed by atoms with Gasteiger partial charge >= 0.3 is 11.9 Å². The molecular weight excluding hydrogens is 496 g/mol. The summed E-state index contributed by atoms with van der Waals surface area (Å²) in [6.07, 6.45) is 7.79. The van der Waals surface area contributed by atoms with Crippen molar-refractivity contribution in [3.63, 3.8) is 0 Å². The van der Waals surface area contributed by atoms with Gasteiger partial charge in [0.25, 0.3) is 0 Å². The Morgan fingerprint density at radius 3 is 2.38 bits per heavy atom. The van der Waals surface area contributed by atoms with Gasteiger partial charge in [0.1, 0.15) is 17.8 Å². The maximum atomic E-state index is 12.6. The number of ether oxygens (including phenoxy) is 3. The fourth-order valence-electron chi connectivity index (χ4n) is 9.95. The van der Waals surface area contributed by atoms with Crippen LogP contribution in [0.4, 0.5) is 0 Å². The van der Waals surface area contributed by atoms with Crippen LogP contribution in [-0.4, -0.2) is 58.3 Å². The van der Waals surface area contributed by atoms with Gasteiger partial charge in [0.15, 0.2) is 0 Å². The van der Waals surface area contributed by atoms with Crippen molar-refractivity contribution >= 4 is 11.9 Å². The van der Waals surface area contributed by atoms with E-state index in [4.69, 9.17) is 14.2 Å². The van der Waals surface area contributed by atoms with Crippen molar-refractivity contribution in [2.24, 2.45) is 39.9 Å². The summed E-state index contributed by atoms with van der Waals surface area (Å²) in [7, 11) is 0. The Labute approximate surface area is 233 Å². The molecule has 0 bridgehead atoms. The van der Waals surface area contributed by atoms with Crippen LogP contribution in [0, 0.1) is 39.9 Å². The van der Waals surface area contributed by atoms with E-state index in [2.05, 4.69) is 32.9 Å². The number of carbonyl (C=O) groups is 2. The molecule has 0 aromatic rings. The minimum absolute atomic E-state index is 0.00796. The summed E-state index contributed by atoms with van der Waals surface area (Å²) in [5.74, 6) is -0.132. The first-order valence-electron chi connectivity index (χ1n) is 14.8. The van der Waals surface area contributed by atoms with Gasteiger partial charge in [0, 0.05) is 24.3 Å². The van der Waals surface area contributed by atoms with Crippen LogP contribution >= 0.6 is 0 Å². The maximum Gasteiger partial charge on any atom is 0.330 e. The van der Waals surface area contributed by atoms with Crippen molar-refractivity contribution in [1.29, 1.82) is 0 Å². The summed E-state index contributed by atoms with van der Waals surface area (Å²) in [6, 6.07) is 0. The fourth-order valence-corrected chi connectivity index (χ4v) is 9.95. The number of rotatable bonds is 2. The lowest BCUT2D eigenvalue weighted by Gasteiger charge is -2.65. The largest absolute Gasteiger partial charge is 0.462 e. The van der Waals surface area contributed by atoms with E-state index in [-0.39, 0.29) is 52.5 Å². The molecular formula is C32H48O7. The van der Waals surface area contributed by atoms with Crippen LogP contribution in [0.3, 0.4) is 0 Å². The summed E-state index contributed by atoms with van der Waals surface area (Å²) in [5.41, 5.74) is -1.07. The zero-order valence-electron chi connectivity index (χ0n) is 25.0. The van der Waals surface area contributed by atoms with Gasteiger partial charge in [-0.3, -0.25) is 4.79 Å². The second-order valence-corrected chi connectivity index (χ2v) is 14.8. The third-order valence-corrected chi connectivity index (χ3v) is 11.8. The number of hydrogen-bond acceptors (Lipinski definition) is 7. The Hall–Kier alpha value is -1.70. The van der Waals surface area contributed by atoms with Crippen LogP contribution in [0.1, 0.15) is 87.5 Å². The molecule has 3 aliphatic carbocycles. The first kappa shape index (κ1) is 28.8. The van der Waals surface area contributed by atoms with E-state index < -0.39 is 28.8 Å². The van der Waals surface area contributed by atoms with E-state index >= 15 is 0 Å². The van der Waals surface area contributed by atoms with Gasteiger partial charge in [-0.2, -0.15) is 0 Å². The molecule has 218 valence electrons. The summed E-state index contributed by atoms with van der Waals surface area (Å²) in [5, 5.41) is 21.6. The molecule has 39 heavy (non-hydrogen) atoms. The number of allylic oxidation sites excluding steroid dienone is 2. The van der Waals surface area contributed by atoms with Crippen LogP contribution in [-0.2, 0) is 23.8 Å². The van der Waals surface area contributed by atoms with Gasteiger partial charge in [-0.25, -0.2) is 4.79 Å². The molecule has 0 aromatic heterocycles. The van der Waals surface area contributed by atoms with Gasteiger partial charge in [0.05, 0.1) is 18.3 Å². The van der Waals surface area contributed by atoms with Crippen LogP contribution in [0.5, 0.6) is 0 Å². The van der Waals surface area contributed by atoms with Gasteiger partial charge in [-0.15, -0.1) is 0 Å². The molecule has 2 heterocycles. The Morgan fingerprint density at radius 2 is 1.72 bits per heavy atom. The lowest BCUT2D eigenvalue weighted by atomic mass is 9.40. The second-order valence-electron chi connectivity index (χ2n) is 14.8. The van der Waals surface area contributed by atoms with E-state index in [0.29, 0.717) is 19.4 Å². The van der Waals surface area contributed by atoms with Crippen molar-refractivity contribution < 1.29 is 34.0 Å². The van der Waals surface area contributed by atoms with Crippen LogP contribution < -0.4 is 0 Å². The predicted octanol–water partition coefficient (Wildman–Crippen LogP) is 4.74. The molecule has 0 spiro atoms. The first-order chi connectivity index (χ1) is 18.0. The Kier molecular flexibility index (Phi) is 6.76. The summed E-state index contributed by atoms with van der Waals surface area (Å²) in [4.78, 5) is 25.1. The lowest BCUT2D eigenvalue weighted by molar-refractivity contribution is -0.201. The number of esters is 2. The highest BCUT2D eigenvalue weighted by molar-refractivity contribution is 5.83. The molecule has 10 atom stereocenters. The fraction of sp³-hybridized carbons (Fsp3) is 0.812. The van der Waals surface area contributed by atoms with Gasteiger partial charge in [0.2, 0.25) is 0 Å². The number of carbonyl (C=O) groups excluding carboxylic acids is 2. The number of cyclic esters (lactones) is 1. The molecule has 2 N–H and O–H groups in total. The summed E-state index contributed by atoms with van der Waals surface area (Å²) < 4.78 is 18.3. The van der Waals surface area contributed by atoms with E-state index in [1.807, 2.05) is 27.7 Å². The molecule has 0 amide bonds. The van der Waals surface area contributed by atoms with Gasteiger partial charge in [-0.1, -0.05) is 38.5 Å². The second kappa shape index (κ2) is 9.15. The van der Waals surface area contributed by atoms with Crippen LogP contribution in [0.15, 0.2) is 23.8 Å². The van der Waals surface area contributed by atoms with Gasteiger partial charge in [-0.05, 0) is 88.4 Å². The quantitative estimate of drug-likeness (QED) is 0.382. The molecule has 7 heteroatoms. The van der Waals surface area contributed by atoms with E-state index in [0.717, 1.165) is 19.3 Å². The molecule has 5 aliphatic rings. The predicted molar refractivity (Wildman–Crippen MR) is 146 cm³/mol. The van der Waals surface area contributed by atoms with Crippen molar-refractivity contribution in [1.82, 2.24) is 0 Å². The zero-order chi connectivity index (χ0) is 28.8. The third-order valence-electron chi connectivity index (χ3n) is 11.8. The smallest absolute Gasteiger partial charge is 0.330 e. The molecule has 2 saturated carbocycles. The number of aliphatic hydroxyl groups excluding tert-OH is 2. The lowest BCUT2D eigenvalue weighted by Crippen LogP contribution is -2.64. The first-order valence-corrected chi connectivity index (χ1v) is 14.8.